The summed E-state index contributed by atoms with van der Waals surface area (Å²) in [5.74, 6) is -0.0951. The van der Waals surface area contributed by atoms with Crippen LogP contribution in [0.1, 0.15) is 31.1 Å². The molecule has 132 valence electrons. The molecular weight excluding hydrogens is 312 g/mol. The van der Waals surface area contributed by atoms with E-state index >= 15 is 0 Å². The first-order valence-corrected chi connectivity index (χ1v) is 8.20. The topological polar surface area (TPSA) is 96.7 Å². The highest BCUT2D eigenvalue weighted by Crippen LogP contribution is 2.40. The standard InChI is InChI=1S/C16H24N4O4/c1-19-6-5-17-14(19)13-11(9-12(22)20(13)7-8-24-2)15(23)18-16(10-21)3-4-16/h5-6,11,13,21H,3-4,7-10H2,1-2H3,(H,18,23)/t11-,13-/m0/s1. The molecule has 1 aromatic rings. The van der Waals surface area contributed by atoms with Gasteiger partial charge in [-0.1, -0.05) is 0 Å². The molecule has 1 aromatic heterocycles. The molecule has 3 rings (SSSR count). The van der Waals surface area contributed by atoms with E-state index in [-0.39, 0.29) is 24.8 Å². The number of carbonyl (C=O) groups is 2. The first-order chi connectivity index (χ1) is 11.5. The van der Waals surface area contributed by atoms with Crippen LogP contribution < -0.4 is 5.32 Å². The zero-order valence-electron chi connectivity index (χ0n) is 14.1. The van der Waals surface area contributed by atoms with Gasteiger partial charge >= 0.3 is 0 Å². The van der Waals surface area contributed by atoms with Crippen LogP contribution in [0, 0.1) is 5.92 Å². The van der Waals surface area contributed by atoms with Crippen LogP contribution in [0.4, 0.5) is 0 Å². The quantitative estimate of drug-likeness (QED) is 0.706. The van der Waals surface area contributed by atoms with E-state index in [4.69, 9.17) is 4.74 Å². The van der Waals surface area contributed by atoms with Crippen molar-refractivity contribution in [3.8, 4) is 0 Å². The Bertz CT molecular complexity index is 625. The van der Waals surface area contributed by atoms with Gasteiger partial charge in [-0.05, 0) is 12.8 Å². The van der Waals surface area contributed by atoms with E-state index in [1.165, 1.54) is 0 Å². The molecule has 2 fully saturated rings. The normalized spacial score (nSPS) is 25.1. The Kier molecular flexibility index (Phi) is 4.60. The minimum atomic E-state index is -0.514. The van der Waals surface area contributed by atoms with Crippen molar-refractivity contribution in [3.63, 3.8) is 0 Å². The number of rotatable bonds is 7. The van der Waals surface area contributed by atoms with Crippen LogP contribution in [0.3, 0.4) is 0 Å². The predicted octanol–water partition coefficient (Wildman–Crippen LogP) is -0.403. The molecule has 0 radical (unpaired) electrons. The Morgan fingerprint density at radius 3 is 2.83 bits per heavy atom. The van der Waals surface area contributed by atoms with E-state index in [9.17, 15) is 14.7 Å². The van der Waals surface area contributed by atoms with Gasteiger partial charge in [0.05, 0.1) is 24.7 Å². The molecule has 0 unspecified atom stereocenters. The van der Waals surface area contributed by atoms with Crippen LogP contribution in [0.5, 0.6) is 0 Å². The average molecular weight is 336 g/mol. The highest BCUT2D eigenvalue weighted by Gasteiger charge is 2.50. The third kappa shape index (κ3) is 3.03. The number of methoxy groups -OCH3 is 1. The Morgan fingerprint density at radius 1 is 1.54 bits per heavy atom. The fourth-order valence-corrected chi connectivity index (χ4v) is 3.29. The zero-order valence-corrected chi connectivity index (χ0v) is 14.1. The molecule has 8 nitrogen and oxygen atoms in total. The van der Waals surface area contributed by atoms with E-state index < -0.39 is 17.5 Å². The molecule has 2 N–H and O–H groups in total. The molecule has 2 aliphatic rings. The molecule has 1 saturated heterocycles. The summed E-state index contributed by atoms with van der Waals surface area (Å²) in [5, 5.41) is 12.4. The summed E-state index contributed by atoms with van der Waals surface area (Å²) >= 11 is 0. The third-order valence-electron chi connectivity index (χ3n) is 4.97. The molecule has 0 aromatic carbocycles. The smallest absolute Gasteiger partial charge is 0.226 e. The number of ether oxygens (including phenoxy) is 1. The Hall–Kier alpha value is -1.93. The Morgan fingerprint density at radius 2 is 2.29 bits per heavy atom. The van der Waals surface area contributed by atoms with Gasteiger partial charge in [0, 0.05) is 39.5 Å². The molecule has 0 bridgehead atoms. The lowest BCUT2D eigenvalue weighted by Gasteiger charge is -2.28. The maximum absolute atomic E-state index is 12.8. The van der Waals surface area contributed by atoms with Gasteiger partial charge in [-0.15, -0.1) is 0 Å². The SMILES string of the molecule is COCCN1C(=O)C[C@H](C(=O)NC2(CO)CC2)[C@H]1c1nccn1C. The van der Waals surface area contributed by atoms with Crippen LogP contribution in [0.2, 0.25) is 0 Å². The van der Waals surface area contributed by atoms with Gasteiger partial charge < -0.3 is 24.6 Å². The molecule has 2 atom stereocenters. The van der Waals surface area contributed by atoms with Crippen molar-refractivity contribution < 1.29 is 19.4 Å². The molecule has 1 aliphatic heterocycles. The van der Waals surface area contributed by atoms with Crippen molar-refractivity contribution in [1.82, 2.24) is 19.8 Å². The van der Waals surface area contributed by atoms with Gasteiger partial charge in [0.25, 0.3) is 0 Å². The van der Waals surface area contributed by atoms with Gasteiger partial charge in [-0.25, -0.2) is 4.98 Å². The number of aliphatic hydroxyl groups is 1. The van der Waals surface area contributed by atoms with Gasteiger partial charge in [0.1, 0.15) is 11.9 Å². The summed E-state index contributed by atoms with van der Waals surface area (Å²) in [4.78, 5) is 31.3. The average Bonchev–Trinajstić information content (AvgIpc) is 3.09. The summed E-state index contributed by atoms with van der Waals surface area (Å²) in [6.07, 6.45) is 5.16. The molecular formula is C16H24N4O4. The van der Waals surface area contributed by atoms with E-state index in [1.54, 1.807) is 24.4 Å². The monoisotopic (exact) mass is 336 g/mol. The second kappa shape index (κ2) is 6.52. The van der Waals surface area contributed by atoms with Crippen molar-refractivity contribution in [2.24, 2.45) is 13.0 Å². The highest BCUT2D eigenvalue weighted by molar-refractivity contribution is 5.90. The largest absolute Gasteiger partial charge is 0.394 e. The van der Waals surface area contributed by atoms with Crippen LogP contribution in [-0.2, 0) is 21.4 Å². The lowest BCUT2D eigenvalue weighted by molar-refractivity contribution is -0.130. The van der Waals surface area contributed by atoms with E-state index in [0.29, 0.717) is 19.0 Å². The maximum atomic E-state index is 12.8. The van der Waals surface area contributed by atoms with E-state index in [2.05, 4.69) is 10.3 Å². The van der Waals surface area contributed by atoms with Gasteiger partial charge in [-0.2, -0.15) is 0 Å². The number of aromatic nitrogens is 2. The molecule has 8 heteroatoms. The summed E-state index contributed by atoms with van der Waals surface area (Å²) in [7, 11) is 3.43. The maximum Gasteiger partial charge on any atom is 0.226 e. The number of nitrogens with one attached hydrogen (secondary N) is 1. The first kappa shape index (κ1) is 16.9. The van der Waals surface area contributed by atoms with Crippen molar-refractivity contribution >= 4 is 11.8 Å². The highest BCUT2D eigenvalue weighted by atomic mass is 16.5. The number of imidazole rings is 1. The van der Waals surface area contributed by atoms with Crippen molar-refractivity contribution in [1.29, 1.82) is 0 Å². The number of likely N-dealkylation sites (tertiary alicyclic amines) is 1. The van der Waals surface area contributed by atoms with Crippen molar-refractivity contribution in [2.75, 3.05) is 26.9 Å². The van der Waals surface area contributed by atoms with Crippen LogP contribution in [-0.4, -0.2) is 63.8 Å². The van der Waals surface area contributed by atoms with Gasteiger partial charge in [0.2, 0.25) is 11.8 Å². The minimum Gasteiger partial charge on any atom is -0.394 e. The number of hydrogen-bond donors (Lipinski definition) is 2. The van der Waals surface area contributed by atoms with Crippen LogP contribution >= 0.6 is 0 Å². The Balaban J connectivity index is 1.85. The number of aliphatic hydroxyl groups excluding tert-OH is 1. The number of amides is 2. The van der Waals surface area contributed by atoms with Crippen LogP contribution in [0.15, 0.2) is 12.4 Å². The fourth-order valence-electron chi connectivity index (χ4n) is 3.29. The second-order valence-electron chi connectivity index (χ2n) is 6.66. The van der Waals surface area contributed by atoms with Crippen molar-refractivity contribution in [3.05, 3.63) is 18.2 Å². The first-order valence-electron chi connectivity index (χ1n) is 8.20. The number of carbonyl (C=O) groups excluding carboxylic acids is 2. The van der Waals surface area contributed by atoms with Crippen molar-refractivity contribution in [2.45, 2.75) is 30.8 Å². The molecule has 1 saturated carbocycles. The molecule has 0 spiro atoms. The van der Waals surface area contributed by atoms with Gasteiger partial charge in [-0.3, -0.25) is 9.59 Å². The third-order valence-corrected chi connectivity index (χ3v) is 4.97. The minimum absolute atomic E-state index is 0.0696. The number of nitrogens with zero attached hydrogens (tertiary/aromatic N) is 3. The fraction of sp³-hybridized carbons (Fsp3) is 0.688. The lowest BCUT2D eigenvalue weighted by atomic mass is 9.97. The number of aryl methyl sites for hydroxylation is 1. The lowest BCUT2D eigenvalue weighted by Crippen LogP contribution is -2.44. The zero-order chi connectivity index (χ0) is 17.3. The molecule has 1 aliphatic carbocycles. The summed E-state index contributed by atoms with van der Waals surface area (Å²) in [6.45, 7) is 0.753. The summed E-state index contributed by atoms with van der Waals surface area (Å²) < 4.78 is 6.93. The number of hydrogen-bond acceptors (Lipinski definition) is 5. The molecule has 24 heavy (non-hydrogen) atoms. The van der Waals surface area contributed by atoms with E-state index in [0.717, 1.165) is 12.8 Å². The predicted molar refractivity (Wildman–Crippen MR) is 84.8 cm³/mol. The summed E-state index contributed by atoms with van der Waals surface area (Å²) in [5.41, 5.74) is -0.494. The molecule has 2 heterocycles. The second-order valence-corrected chi connectivity index (χ2v) is 6.66. The van der Waals surface area contributed by atoms with Crippen LogP contribution in [0.25, 0.3) is 0 Å². The Labute approximate surface area is 140 Å². The molecule has 2 amide bonds. The summed E-state index contributed by atoms with van der Waals surface area (Å²) in [6, 6.07) is -0.415. The van der Waals surface area contributed by atoms with Gasteiger partial charge in [0.15, 0.2) is 0 Å². The van der Waals surface area contributed by atoms with E-state index in [1.807, 2.05) is 11.6 Å².